The molecule has 1 aromatic heterocycles. The number of rotatable bonds is 7. The van der Waals surface area contributed by atoms with E-state index in [2.05, 4.69) is 15.6 Å². The van der Waals surface area contributed by atoms with Crippen molar-refractivity contribution < 1.29 is 18.0 Å². The first kappa shape index (κ1) is 22.3. The van der Waals surface area contributed by atoms with Gasteiger partial charge in [-0.15, -0.1) is 0 Å². The summed E-state index contributed by atoms with van der Waals surface area (Å²) in [6.07, 6.45) is 1.86. The lowest BCUT2D eigenvalue weighted by Gasteiger charge is -2.29. The molecule has 0 saturated heterocycles. The molecule has 1 aliphatic rings. The van der Waals surface area contributed by atoms with Crippen LogP contribution in [-0.2, 0) is 14.6 Å². The first-order valence-corrected chi connectivity index (χ1v) is 11.3. The van der Waals surface area contributed by atoms with E-state index in [1.165, 1.54) is 7.05 Å². The van der Waals surface area contributed by atoms with Gasteiger partial charge in [0, 0.05) is 7.05 Å². The molecule has 2 N–H and O–H groups in total. The maximum atomic E-state index is 12.8. The second-order valence-electron chi connectivity index (χ2n) is 8.93. The third kappa shape index (κ3) is 5.31. The Balaban J connectivity index is 2.39. The van der Waals surface area contributed by atoms with Gasteiger partial charge in [-0.3, -0.25) is 9.59 Å². The van der Waals surface area contributed by atoms with Crippen LogP contribution in [0.1, 0.15) is 69.4 Å². The summed E-state index contributed by atoms with van der Waals surface area (Å²) in [4.78, 5) is 29.2. The average Bonchev–Trinajstić information content (AvgIpc) is 3.41. The van der Waals surface area contributed by atoms with Gasteiger partial charge in [0.1, 0.15) is 11.7 Å². The van der Waals surface area contributed by atoms with Gasteiger partial charge < -0.3 is 10.6 Å². The van der Waals surface area contributed by atoms with Gasteiger partial charge in [-0.2, -0.15) is 0 Å². The fourth-order valence-electron chi connectivity index (χ4n) is 3.07. The first-order valence-electron chi connectivity index (χ1n) is 9.63. The highest BCUT2D eigenvalue weighted by atomic mass is 32.2. The van der Waals surface area contributed by atoms with Crippen LogP contribution in [0.15, 0.2) is 17.2 Å². The predicted molar refractivity (Wildman–Crippen MR) is 108 cm³/mol. The number of hydrogen-bond donors (Lipinski definition) is 2. The van der Waals surface area contributed by atoms with Gasteiger partial charge in [-0.1, -0.05) is 40.7 Å². The van der Waals surface area contributed by atoms with Crippen molar-refractivity contribution in [2.24, 2.45) is 11.3 Å². The summed E-state index contributed by atoms with van der Waals surface area (Å²) < 4.78 is 25.7. The van der Waals surface area contributed by atoms with E-state index in [4.69, 9.17) is 0 Å². The molecule has 1 atom stereocenters. The van der Waals surface area contributed by atoms with E-state index >= 15 is 0 Å². The minimum absolute atomic E-state index is 0.00333. The number of pyridine rings is 1. The molecule has 0 unspecified atom stereocenters. The van der Waals surface area contributed by atoms with Crippen molar-refractivity contribution in [1.82, 2.24) is 15.6 Å². The number of likely N-dealkylation sites (N-methyl/N-ethyl adjacent to an activating group) is 1. The molecular weight excluding hydrogens is 378 g/mol. The number of aromatic nitrogens is 1. The summed E-state index contributed by atoms with van der Waals surface area (Å²) >= 11 is 0. The molecular formula is C20H31N3O4S. The van der Waals surface area contributed by atoms with Crippen molar-refractivity contribution in [3.63, 3.8) is 0 Å². The molecule has 1 aromatic rings. The molecule has 0 aromatic carbocycles. The Morgan fingerprint density at radius 2 is 1.82 bits per heavy atom. The molecule has 1 saturated carbocycles. The van der Waals surface area contributed by atoms with E-state index < -0.39 is 27.2 Å². The molecule has 1 heterocycles. The van der Waals surface area contributed by atoms with Crippen LogP contribution in [0.2, 0.25) is 0 Å². The molecule has 28 heavy (non-hydrogen) atoms. The fraction of sp³-hybridized carbons (Fsp3) is 0.650. The number of nitrogens with one attached hydrogen (secondary N) is 2. The Kier molecular flexibility index (Phi) is 6.53. The molecule has 0 bridgehead atoms. The summed E-state index contributed by atoms with van der Waals surface area (Å²) in [7, 11) is -2.09. The highest BCUT2D eigenvalue weighted by molar-refractivity contribution is 7.91. The van der Waals surface area contributed by atoms with Crippen molar-refractivity contribution in [1.29, 1.82) is 0 Å². The third-order valence-electron chi connectivity index (χ3n) is 4.64. The highest BCUT2D eigenvalue weighted by Crippen LogP contribution is 2.42. The second-order valence-corrected chi connectivity index (χ2v) is 10.9. The van der Waals surface area contributed by atoms with Gasteiger partial charge in [-0.05, 0) is 41.7 Å². The standard InChI is InChI=1S/C20H31N3O4S/c1-12(2)11-28(26,27)19-14(13-7-8-13)9-10-15(22-19)17(24)23-16(18(25)21-6)20(3,4)5/h9-10,12-13,16H,7-8,11H2,1-6H3,(H,21,25)(H,23,24)/t16-/m1/s1. The van der Waals surface area contributed by atoms with Crippen LogP contribution in [-0.4, -0.2) is 44.1 Å². The smallest absolute Gasteiger partial charge is 0.270 e. The number of hydrogen-bond acceptors (Lipinski definition) is 5. The molecule has 0 radical (unpaired) electrons. The van der Waals surface area contributed by atoms with Crippen LogP contribution in [0.4, 0.5) is 0 Å². The topological polar surface area (TPSA) is 105 Å². The van der Waals surface area contributed by atoms with Crippen LogP contribution >= 0.6 is 0 Å². The van der Waals surface area contributed by atoms with Gasteiger partial charge in [0.15, 0.2) is 14.9 Å². The average molecular weight is 410 g/mol. The van der Waals surface area contributed by atoms with Crippen molar-refractivity contribution in [3.8, 4) is 0 Å². The summed E-state index contributed by atoms with van der Waals surface area (Å²) in [6.45, 7) is 9.20. The lowest BCUT2D eigenvalue weighted by Crippen LogP contribution is -2.53. The van der Waals surface area contributed by atoms with Crippen LogP contribution < -0.4 is 10.6 Å². The van der Waals surface area contributed by atoms with E-state index in [1.54, 1.807) is 12.1 Å². The zero-order chi connectivity index (χ0) is 21.3. The Hall–Kier alpha value is -1.96. The van der Waals surface area contributed by atoms with E-state index in [0.717, 1.165) is 12.8 Å². The number of sulfone groups is 1. The van der Waals surface area contributed by atoms with Crippen molar-refractivity contribution in [2.75, 3.05) is 12.8 Å². The number of carbonyl (C=O) groups is 2. The largest absolute Gasteiger partial charge is 0.357 e. The fourth-order valence-corrected chi connectivity index (χ4v) is 4.94. The van der Waals surface area contributed by atoms with Crippen molar-refractivity contribution >= 4 is 21.7 Å². The van der Waals surface area contributed by atoms with Crippen molar-refractivity contribution in [3.05, 3.63) is 23.4 Å². The minimum atomic E-state index is -3.60. The second kappa shape index (κ2) is 8.19. The van der Waals surface area contributed by atoms with E-state index in [-0.39, 0.29) is 34.2 Å². The molecule has 0 spiro atoms. The molecule has 2 rings (SSSR count). The normalized spacial score (nSPS) is 16.0. The van der Waals surface area contributed by atoms with Crippen LogP contribution in [0.5, 0.6) is 0 Å². The molecule has 8 heteroatoms. The Morgan fingerprint density at radius 1 is 1.21 bits per heavy atom. The molecule has 0 aliphatic heterocycles. The Bertz CT molecular complexity index is 853. The van der Waals surface area contributed by atoms with Gasteiger partial charge in [-0.25, -0.2) is 13.4 Å². The maximum absolute atomic E-state index is 12.8. The van der Waals surface area contributed by atoms with E-state index in [1.807, 2.05) is 34.6 Å². The zero-order valence-electron chi connectivity index (χ0n) is 17.5. The first-order chi connectivity index (χ1) is 12.9. The number of amides is 2. The number of carbonyl (C=O) groups excluding carboxylic acids is 2. The number of nitrogens with zero attached hydrogens (tertiary/aromatic N) is 1. The lowest BCUT2D eigenvalue weighted by molar-refractivity contribution is -0.124. The van der Waals surface area contributed by atoms with Crippen molar-refractivity contribution in [2.45, 2.75) is 64.4 Å². The van der Waals surface area contributed by atoms with E-state index in [0.29, 0.717) is 5.56 Å². The van der Waals surface area contributed by atoms with Crippen LogP contribution in [0.25, 0.3) is 0 Å². The van der Waals surface area contributed by atoms with Gasteiger partial charge >= 0.3 is 0 Å². The van der Waals surface area contributed by atoms with Gasteiger partial charge in [0.25, 0.3) is 5.91 Å². The summed E-state index contributed by atoms with van der Waals surface area (Å²) in [5.41, 5.74) is 0.178. The molecule has 1 aliphatic carbocycles. The quantitative estimate of drug-likeness (QED) is 0.719. The van der Waals surface area contributed by atoms with E-state index in [9.17, 15) is 18.0 Å². The summed E-state index contributed by atoms with van der Waals surface area (Å²) in [5, 5.41) is 5.25. The molecule has 1 fully saturated rings. The minimum Gasteiger partial charge on any atom is -0.357 e. The van der Waals surface area contributed by atoms with Crippen LogP contribution in [0, 0.1) is 11.3 Å². The Labute approximate surface area is 167 Å². The molecule has 156 valence electrons. The maximum Gasteiger partial charge on any atom is 0.270 e. The Morgan fingerprint density at radius 3 is 2.29 bits per heavy atom. The monoisotopic (exact) mass is 409 g/mol. The highest BCUT2D eigenvalue weighted by Gasteiger charge is 2.35. The molecule has 2 amide bonds. The van der Waals surface area contributed by atoms with Crippen LogP contribution in [0.3, 0.4) is 0 Å². The summed E-state index contributed by atoms with van der Waals surface area (Å²) in [5.74, 6) is -0.757. The SMILES string of the molecule is CNC(=O)[C@@H](NC(=O)c1ccc(C2CC2)c(S(=O)(=O)CC(C)C)n1)C(C)(C)C. The van der Waals surface area contributed by atoms with Gasteiger partial charge in [0.05, 0.1) is 5.75 Å². The predicted octanol–water partition coefficient (Wildman–Crippen LogP) is 2.28. The summed E-state index contributed by atoms with van der Waals surface area (Å²) in [6, 6.07) is 2.46. The molecule has 7 nitrogen and oxygen atoms in total. The lowest BCUT2D eigenvalue weighted by atomic mass is 9.86. The zero-order valence-corrected chi connectivity index (χ0v) is 18.3. The third-order valence-corrected chi connectivity index (χ3v) is 6.66. The van der Waals surface area contributed by atoms with Gasteiger partial charge in [0.2, 0.25) is 5.91 Å².